The highest BCUT2D eigenvalue weighted by atomic mass is 32.2. The lowest BCUT2D eigenvalue weighted by atomic mass is 10.0. The summed E-state index contributed by atoms with van der Waals surface area (Å²) in [6.07, 6.45) is 7.81. The van der Waals surface area contributed by atoms with Gasteiger partial charge >= 0.3 is 6.03 Å². The van der Waals surface area contributed by atoms with Crippen molar-refractivity contribution in [2.24, 2.45) is 16.5 Å². The second kappa shape index (κ2) is 8.38. The third-order valence-corrected chi connectivity index (χ3v) is 6.59. The smallest absolute Gasteiger partial charge is 0.321 e. The Bertz CT molecular complexity index is 915. The van der Waals surface area contributed by atoms with E-state index in [1.807, 2.05) is 0 Å². The first kappa shape index (κ1) is 21.4. The van der Waals surface area contributed by atoms with Crippen LogP contribution < -0.4 is 22.1 Å². The first-order valence-electron chi connectivity index (χ1n) is 8.60. The van der Waals surface area contributed by atoms with Crippen molar-refractivity contribution in [3.63, 3.8) is 0 Å². The lowest BCUT2D eigenvalue weighted by Crippen LogP contribution is -2.37. The van der Waals surface area contributed by atoms with Crippen molar-refractivity contribution in [2.75, 3.05) is 18.6 Å². The van der Waals surface area contributed by atoms with Gasteiger partial charge < -0.3 is 16.8 Å². The van der Waals surface area contributed by atoms with Crippen LogP contribution in [0.25, 0.3) is 0 Å². The minimum atomic E-state index is -3.47. The number of nitrogens with one attached hydrogen (secondary N) is 2. The Labute approximate surface area is 164 Å². The Hall–Kier alpha value is -2.95. The lowest BCUT2D eigenvalue weighted by Gasteiger charge is -2.28. The molecule has 0 saturated heterocycles. The van der Waals surface area contributed by atoms with Crippen LogP contribution in [0.5, 0.6) is 0 Å². The van der Waals surface area contributed by atoms with Crippen molar-refractivity contribution in [2.45, 2.75) is 30.4 Å². The SMILES string of the molecule is C=C(N)/C=C(\N=C(N)c1cnc(NC(=O)NC)nc1)C1(S(C)(=O)=O)CCCC1. The van der Waals surface area contributed by atoms with Crippen LogP contribution in [0.2, 0.25) is 0 Å². The number of anilines is 1. The molecule has 1 aliphatic rings. The van der Waals surface area contributed by atoms with Crippen molar-refractivity contribution in [3.8, 4) is 0 Å². The third-order valence-electron chi connectivity index (χ3n) is 4.55. The molecule has 10 nitrogen and oxygen atoms in total. The molecule has 1 heterocycles. The maximum Gasteiger partial charge on any atom is 0.321 e. The van der Waals surface area contributed by atoms with E-state index in [2.05, 4.69) is 32.2 Å². The maximum absolute atomic E-state index is 12.6. The average molecular weight is 408 g/mol. The van der Waals surface area contributed by atoms with Crippen LogP contribution in [0.3, 0.4) is 0 Å². The zero-order chi connectivity index (χ0) is 20.9. The lowest BCUT2D eigenvalue weighted by molar-refractivity contribution is 0.254. The molecule has 0 spiro atoms. The second-order valence-corrected chi connectivity index (χ2v) is 8.90. The number of nitrogens with two attached hydrogens (primary N) is 2. The summed E-state index contributed by atoms with van der Waals surface area (Å²) in [5.74, 6) is 0.124. The van der Waals surface area contributed by atoms with Gasteiger partial charge in [0.1, 0.15) is 10.6 Å². The van der Waals surface area contributed by atoms with Gasteiger partial charge in [-0.2, -0.15) is 0 Å². The highest BCUT2D eigenvalue weighted by Crippen LogP contribution is 2.43. The summed E-state index contributed by atoms with van der Waals surface area (Å²) < 4.78 is 24.0. The van der Waals surface area contributed by atoms with Crippen LogP contribution >= 0.6 is 0 Å². The van der Waals surface area contributed by atoms with Gasteiger partial charge in [0.15, 0.2) is 9.84 Å². The van der Waals surface area contributed by atoms with E-state index in [0.717, 1.165) is 12.8 Å². The van der Waals surface area contributed by atoms with Crippen LogP contribution in [-0.2, 0) is 9.84 Å². The zero-order valence-corrected chi connectivity index (χ0v) is 16.7. The molecule has 1 aliphatic carbocycles. The molecule has 6 N–H and O–H groups in total. The number of amides is 2. The minimum Gasteiger partial charge on any atom is -0.399 e. The van der Waals surface area contributed by atoms with Gasteiger partial charge in [0.25, 0.3) is 0 Å². The Balaban J connectivity index is 2.42. The summed E-state index contributed by atoms with van der Waals surface area (Å²) in [7, 11) is -2.01. The second-order valence-electron chi connectivity index (χ2n) is 6.57. The van der Waals surface area contributed by atoms with Gasteiger partial charge in [-0.1, -0.05) is 19.4 Å². The van der Waals surface area contributed by atoms with E-state index >= 15 is 0 Å². The molecule has 1 saturated carbocycles. The van der Waals surface area contributed by atoms with Crippen LogP contribution in [0.1, 0.15) is 31.2 Å². The molecule has 0 aromatic carbocycles. The zero-order valence-electron chi connectivity index (χ0n) is 15.9. The fourth-order valence-electron chi connectivity index (χ4n) is 3.09. The number of aromatic nitrogens is 2. The number of amidine groups is 1. The predicted molar refractivity (Wildman–Crippen MR) is 108 cm³/mol. The molecule has 1 aromatic rings. The number of rotatable bonds is 6. The van der Waals surface area contributed by atoms with E-state index in [-0.39, 0.29) is 23.2 Å². The molecular formula is C17H25N7O3S. The van der Waals surface area contributed by atoms with E-state index in [9.17, 15) is 13.2 Å². The van der Waals surface area contributed by atoms with E-state index in [0.29, 0.717) is 18.4 Å². The monoisotopic (exact) mass is 407 g/mol. The molecule has 11 heteroatoms. The Kier molecular flexibility index (Phi) is 6.39. The van der Waals surface area contributed by atoms with Crippen molar-refractivity contribution in [3.05, 3.63) is 42.0 Å². The van der Waals surface area contributed by atoms with E-state index in [4.69, 9.17) is 11.5 Å². The van der Waals surface area contributed by atoms with Gasteiger partial charge in [0, 0.05) is 31.4 Å². The molecule has 0 radical (unpaired) electrons. The quantitative estimate of drug-likeness (QED) is 0.305. The van der Waals surface area contributed by atoms with Gasteiger partial charge in [-0.25, -0.2) is 28.2 Å². The number of sulfone groups is 1. The van der Waals surface area contributed by atoms with E-state index < -0.39 is 20.6 Å². The number of carbonyl (C=O) groups excluding carboxylic acids is 1. The van der Waals surface area contributed by atoms with Crippen LogP contribution in [0, 0.1) is 0 Å². The topological polar surface area (TPSA) is 165 Å². The molecule has 0 bridgehead atoms. The Morgan fingerprint density at radius 1 is 1.29 bits per heavy atom. The summed E-state index contributed by atoms with van der Waals surface area (Å²) in [4.78, 5) is 23.7. The summed E-state index contributed by atoms with van der Waals surface area (Å²) in [5.41, 5.74) is 12.6. The molecule has 0 unspecified atom stereocenters. The van der Waals surface area contributed by atoms with Gasteiger partial charge in [0.05, 0.1) is 11.3 Å². The fraction of sp³-hybridized carbons (Fsp3) is 0.412. The van der Waals surface area contributed by atoms with Gasteiger partial charge in [0.2, 0.25) is 5.95 Å². The van der Waals surface area contributed by atoms with Crippen molar-refractivity contribution < 1.29 is 13.2 Å². The number of allylic oxidation sites excluding steroid dienone is 1. The van der Waals surface area contributed by atoms with Gasteiger partial charge in [-0.05, 0) is 18.9 Å². The van der Waals surface area contributed by atoms with Crippen LogP contribution in [0.15, 0.2) is 41.4 Å². The third kappa shape index (κ3) is 4.66. The first-order chi connectivity index (χ1) is 13.1. The van der Waals surface area contributed by atoms with Crippen molar-refractivity contribution >= 4 is 27.7 Å². The molecule has 2 rings (SSSR count). The fourth-order valence-corrected chi connectivity index (χ4v) is 4.60. The van der Waals surface area contributed by atoms with Gasteiger partial charge in [-0.15, -0.1) is 0 Å². The number of hydrogen-bond acceptors (Lipinski definition) is 7. The van der Waals surface area contributed by atoms with E-state index in [1.165, 1.54) is 31.8 Å². The number of nitrogens with zero attached hydrogens (tertiary/aromatic N) is 3. The average Bonchev–Trinajstić information content (AvgIpc) is 3.12. The molecule has 0 aliphatic heterocycles. The summed E-state index contributed by atoms with van der Waals surface area (Å²) in [6, 6.07) is -0.461. The summed E-state index contributed by atoms with van der Waals surface area (Å²) in [5, 5.41) is 4.81. The largest absolute Gasteiger partial charge is 0.399 e. The predicted octanol–water partition coefficient (Wildman–Crippen LogP) is 0.647. The summed E-state index contributed by atoms with van der Waals surface area (Å²) >= 11 is 0. The standard InChI is InChI=1S/C17H25N7O3S/c1-11(18)8-13(17(28(3,26)27)6-4-5-7-17)23-14(19)12-9-21-15(22-10-12)24-16(25)20-2/h8-10H,1,4-7,18H2,2-3H3,(H2,19,23)(H2,20,21,22,24,25)/b13-8-. The highest BCUT2D eigenvalue weighted by molar-refractivity contribution is 7.92. The van der Waals surface area contributed by atoms with Crippen molar-refractivity contribution in [1.82, 2.24) is 15.3 Å². The van der Waals surface area contributed by atoms with Crippen molar-refractivity contribution in [1.29, 1.82) is 0 Å². The number of hydrogen-bond donors (Lipinski definition) is 4. The number of aliphatic imine (C=N–C) groups is 1. The molecule has 28 heavy (non-hydrogen) atoms. The number of carbonyl (C=O) groups is 1. The maximum atomic E-state index is 12.6. The van der Waals surface area contributed by atoms with Gasteiger partial charge in [-0.3, -0.25) is 5.32 Å². The normalized spacial score (nSPS) is 17.2. The van der Waals surface area contributed by atoms with Crippen LogP contribution in [0.4, 0.5) is 10.7 Å². The Morgan fingerprint density at radius 2 is 1.86 bits per heavy atom. The molecule has 0 atom stereocenters. The minimum absolute atomic E-state index is 0.0360. The highest BCUT2D eigenvalue weighted by Gasteiger charge is 2.47. The molecule has 1 aromatic heterocycles. The summed E-state index contributed by atoms with van der Waals surface area (Å²) in [6.45, 7) is 3.63. The Morgan fingerprint density at radius 3 is 2.32 bits per heavy atom. The molecule has 2 amide bonds. The molecular weight excluding hydrogens is 382 g/mol. The first-order valence-corrected chi connectivity index (χ1v) is 10.5. The van der Waals surface area contributed by atoms with Crippen LogP contribution in [-0.4, -0.2) is 48.3 Å². The van der Waals surface area contributed by atoms with E-state index in [1.54, 1.807) is 0 Å². The molecule has 152 valence electrons. The number of urea groups is 1. The molecule has 1 fully saturated rings.